The first-order valence-corrected chi connectivity index (χ1v) is 5.80. The molecule has 1 rings (SSSR count). The maximum atomic E-state index is 11.3. The minimum Gasteiger partial charge on any atom is -0.480 e. The molecule has 11 nitrogen and oxygen atoms in total. The zero-order valence-electron chi connectivity index (χ0n) is 11.3. The van der Waals surface area contributed by atoms with Crippen molar-refractivity contribution in [1.29, 1.82) is 0 Å². The molecule has 0 aromatic carbocycles. The molecule has 6 N–H and O–H groups in total. The Labute approximate surface area is 119 Å². The van der Waals surface area contributed by atoms with Crippen LogP contribution in [0.4, 0.5) is 0 Å². The fraction of sp³-hybridized carbons (Fsp3) is 0.500. The van der Waals surface area contributed by atoms with Crippen molar-refractivity contribution in [3.05, 3.63) is 23.1 Å². The molecule has 0 fully saturated rings. The Bertz CT molecular complexity index is 484. The van der Waals surface area contributed by atoms with Gasteiger partial charge >= 0.3 is 11.1 Å². The molecule has 0 aliphatic heterocycles. The van der Waals surface area contributed by atoms with Crippen molar-refractivity contribution in [3.63, 3.8) is 0 Å². The van der Waals surface area contributed by atoms with Gasteiger partial charge in [0, 0.05) is 32.6 Å². The summed E-state index contributed by atoms with van der Waals surface area (Å²) in [4.78, 5) is 34.7. The van der Waals surface area contributed by atoms with Crippen molar-refractivity contribution < 1.29 is 30.2 Å². The first-order valence-electron chi connectivity index (χ1n) is 5.80. The van der Waals surface area contributed by atoms with Crippen LogP contribution >= 0.6 is 0 Å². The Hall–Kier alpha value is -2.69. The SMILES string of the molecule is Cn1cnc(CC(NC(=O)CCN)C(=O)O)c1.O=[N+](O)O. The highest BCUT2D eigenvalue weighted by atomic mass is 16.9. The van der Waals surface area contributed by atoms with E-state index in [1.54, 1.807) is 24.1 Å². The van der Waals surface area contributed by atoms with E-state index in [1.165, 1.54) is 0 Å². The van der Waals surface area contributed by atoms with Gasteiger partial charge in [0.1, 0.15) is 10.9 Å². The maximum Gasteiger partial charge on any atom is 0.472 e. The van der Waals surface area contributed by atoms with E-state index < -0.39 is 17.1 Å². The molecule has 1 heterocycles. The van der Waals surface area contributed by atoms with Crippen LogP contribution in [0.3, 0.4) is 0 Å². The molecule has 0 saturated carbocycles. The summed E-state index contributed by atoms with van der Waals surface area (Å²) in [5.74, 6) is -1.45. The molecule has 1 amide bonds. The third-order valence-corrected chi connectivity index (χ3v) is 2.18. The number of aromatic nitrogens is 2. The lowest BCUT2D eigenvalue weighted by Gasteiger charge is -2.12. The van der Waals surface area contributed by atoms with Crippen molar-refractivity contribution in [3.8, 4) is 0 Å². The van der Waals surface area contributed by atoms with Crippen LogP contribution in [0.15, 0.2) is 12.5 Å². The number of imidazole rings is 1. The van der Waals surface area contributed by atoms with Crippen LogP contribution < -0.4 is 11.1 Å². The summed E-state index contributed by atoms with van der Waals surface area (Å²) >= 11 is 0. The van der Waals surface area contributed by atoms with Gasteiger partial charge in [-0.3, -0.25) is 4.79 Å². The Morgan fingerprint density at radius 3 is 2.48 bits per heavy atom. The lowest BCUT2D eigenvalue weighted by atomic mass is 10.1. The van der Waals surface area contributed by atoms with Gasteiger partial charge < -0.3 is 20.7 Å². The highest BCUT2D eigenvalue weighted by Crippen LogP contribution is 2.00. The molecule has 0 bridgehead atoms. The summed E-state index contributed by atoms with van der Waals surface area (Å²) in [6, 6.07) is -0.969. The van der Waals surface area contributed by atoms with E-state index in [1.807, 2.05) is 0 Å². The summed E-state index contributed by atoms with van der Waals surface area (Å²) in [5.41, 5.74) is 5.83. The van der Waals surface area contributed by atoms with Crippen LogP contribution in [-0.4, -0.2) is 54.6 Å². The highest BCUT2D eigenvalue weighted by Gasteiger charge is 2.20. The van der Waals surface area contributed by atoms with Gasteiger partial charge in [-0.15, -0.1) is 0 Å². The molecule has 1 unspecified atom stereocenters. The predicted molar refractivity (Wildman–Crippen MR) is 67.4 cm³/mol. The molecule has 1 atom stereocenters. The lowest BCUT2D eigenvalue weighted by Crippen LogP contribution is -2.42. The molecule has 0 spiro atoms. The molecule has 0 aliphatic carbocycles. The molecule has 0 aliphatic rings. The number of aryl methyl sites for hydroxylation is 1. The first kappa shape index (κ1) is 18.3. The number of nitrogens with two attached hydrogens (primary N) is 1. The van der Waals surface area contributed by atoms with Gasteiger partial charge in [0.25, 0.3) is 0 Å². The molecule has 118 valence electrons. The second kappa shape index (κ2) is 9.25. The highest BCUT2D eigenvalue weighted by molar-refractivity contribution is 5.83. The normalized spacial score (nSPS) is 11.0. The minimum atomic E-state index is -1.25. The van der Waals surface area contributed by atoms with Crippen LogP contribution in [0.25, 0.3) is 0 Å². The number of carbonyl (C=O) groups excluding carboxylic acids is 1. The second-order valence-electron chi connectivity index (χ2n) is 3.98. The fourth-order valence-electron chi connectivity index (χ4n) is 1.38. The molecule has 0 radical (unpaired) electrons. The van der Waals surface area contributed by atoms with Gasteiger partial charge in [-0.2, -0.15) is 0 Å². The second-order valence-corrected chi connectivity index (χ2v) is 3.98. The average Bonchev–Trinajstić information content (AvgIpc) is 2.73. The molecule has 1 aromatic heterocycles. The lowest BCUT2D eigenvalue weighted by molar-refractivity contribution is -0.969. The van der Waals surface area contributed by atoms with Crippen molar-refractivity contribution in [2.45, 2.75) is 18.9 Å². The van der Waals surface area contributed by atoms with E-state index in [2.05, 4.69) is 10.3 Å². The number of hydrogen-bond donors (Lipinski definition) is 5. The average molecular weight is 304 g/mol. The zero-order chi connectivity index (χ0) is 16.4. The van der Waals surface area contributed by atoms with Crippen molar-refractivity contribution in [2.75, 3.05) is 6.54 Å². The van der Waals surface area contributed by atoms with Crippen molar-refractivity contribution >= 4 is 11.9 Å². The number of carboxylic acid groups (broad SMARTS) is 1. The number of nitrogens with one attached hydrogen (secondary N) is 1. The standard InChI is InChI=1S/C10H16N4O3.H2NO3/c1-14-5-7(12-6-14)4-8(10(16)17)13-9(15)2-3-11;2-1(3)4/h5-6,8H,2-4,11H2,1H3,(H,13,15)(H,16,17);(H2,2,3,4)/q;+1. The minimum absolute atomic E-state index is 0.117. The van der Waals surface area contributed by atoms with Gasteiger partial charge in [0.15, 0.2) is 0 Å². The Kier molecular flexibility index (Phi) is 8.07. The van der Waals surface area contributed by atoms with E-state index >= 15 is 0 Å². The van der Waals surface area contributed by atoms with Crippen LogP contribution in [0, 0.1) is 4.91 Å². The summed E-state index contributed by atoms with van der Waals surface area (Å²) in [5, 5.41) is 23.9. The number of aliphatic carboxylic acids is 1. The van der Waals surface area contributed by atoms with Gasteiger partial charge in [0.05, 0.1) is 12.0 Å². The van der Waals surface area contributed by atoms with Gasteiger partial charge in [-0.25, -0.2) is 20.2 Å². The topological polar surface area (TPSA) is 171 Å². The third-order valence-electron chi connectivity index (χ3n) is 2.18. The number of carbonyl (C=O) groups is 2. The van der Waals surface area contributed by atoms with Crippen LogP contribution in [0.1, 0.15) is 12.1 Å². The van der Waals surface area contributed by atoms with E-state index in [0.29, 0.717) is 5.69 Å². The van der Waals surface area contributed by atoms with Crippen LogP contribution in [-0.2, 0) is 23.1 Å². The largest absolute Gasteiger partial charge is 0.480 e. The van der Waals surface area contributed by atoms with Gasteiger partial charge in [-0.05, 0) is 0 Å². The van der Waals surface area contributed by atoms with E-state index in [0.717, 1.165) is 0 Å². The van der Waals surface area contributed by atoms with Gasteiger partial charge in [0.2, 0.25) is 5.91 Å². The monoisotopic (exact) mass is 304 g/mol. The van der Waals surface area contributed by atoms with E-state index in [4.69, 9.17) is 26.2 Å². The van der Waals surface area contributed by atoms with E-state index in [-0.39, 0.29) is 25.3 Å². The van der Waals surface area contributed by atoms with Crippen LogP contribution in [0.2, 0.25) is 0 Å². The van der Waals surface area contributed by atoms with Crippen LogP contribution in [0.5, 0.6) is 0 Å². The summed E-state index contributed by atoms with van der Waals surface area (Å²) in [6.07, 6.45) is 3.57. The summed E-state index contributed by atoms with van der Waals surface area (Å²) in [6.45, 7) is 0.196. The number of rotatable bonds is 6. The Morgan fingerprint density at radius 2 is 2.10 bits per heavy atom. The first-order chi connectivity index (χ1) is 9.76. The fourth-order valence-corrected chi connectivity index (χ4v) is 1.38. The molecule has 0 saturated heterocycles. The molecule has 1 aromatic rings. The quantitative estimate of drug-likeness (QED) is 0.392. The number of carboxylic acids is 1. The molecule has 11 heteroatoms. The Morgan fingerprint density at radius 1 is 1.52 bits per heavy atom. The van der Waals surface area contributed by atoms with Crippen molar-refractivity contribution in [1.82, 2.24) is 14.9 Å². The molecular weight excluding hydrogens is 286 g/mol. The Balaban J connectivity index is 0.000000885. The maximum absolute atomic E-state index is 11.3. The zero-order valence-corrected chi connectivity index (χ0v) is 11.3. The van der Waals surface area contributed by atoms with Crippen molar-refractivity contribution in [2.24, 2.45) is 12.8 Å². The predicted octanol–water partition coefficient (Wildman–Crippen LogP) is -1.58. The molecular formula is C10H18N5O6+. The number of amides is 1. The number of nitrogens with zero attached hydrogens (tertiary/aromatic N) is 3. The number of hydrogen-bond acceptors (Lipinski definition) is 5. The third kappa shape index (κ3) is 8.93. The van der Waals surface area contributed by atoms with E-state index in [9.17, 15) is 9.59 Å². The summed E-state index contributed by atoms with van der Waals surface area (Å²) < 4.78 is 1.72. The summed E-state index contributed by atoms with van der Waals surface area (Å²) in [7, 11) is 1.79. The van der Waals surface area contributed by atoms with Gasteiger partial charge in [-0.1, -0.05) is 0 Å². The molecule has 21 heavy (non-hydrogen) atoms. The smallest absolute Gasteiger partial charge is 0.472 e.